The number of methoxy groups -OCH3 is 1. The Morgan fingerprint density at radius 3 is 2.57 bits per heavy atom. The highest BCUT2D eigenvalue weighted by Gasteiger charge is 2.23. The Morgan fingerprint density at radius 2 is 1.80 bits per heavy atom. The molecule has 5 heteroatoms. The normalized spacial score (nSPS) is 15.7. The van der Waals surface area contributed by atoms with Gasteiger partial charge in [-0.3, -0.25) is 4.79 Å². The predicted octanol–water partition coefficient (Wildman–Crippen LogP) is 2.43. The lowest BCUT2D eigenvalue weighted by Gasteiger charge is -2.33. The number of anilines is 1. The SMILES string of the molecule is COc1cccc(N2CC[NH+](CC(=O)N[C@@H](C)c3ccc4ccccc4c3)CC2)c1. The van der Waals surface area contributed by atoms with Gasteiger partial charge in [-0.2, -0.15) is 0 Å². The summed E-state index contributed by atoms with van der Waals surface area (Å²) >= 11 is 0. The topological polar surface area (TPSA) is 46.0 Å². The Bertz CT molecular complexity index is 1010. The van der Waals surface area contributed by atoms with Gasteiger partial charge >= 0.3 is 0 Å². The summed E-state index contributed by atoms with van der Waals surface area (Å²) in [5, 5.41) is 5.60. The monoisotopic (exact) mass is 404 g/mol. The molecule has 0 unspecified atom stereocenters. The predicted molar refractivity (Wildman–Crippen MR) is 121 cm³/mol. The van der Waals surface area contributed by atoms with Crippen molar-refractivity contribution in [3.05, 3.63) is 72.3 Å². The second kappa shape index (κ2) is 9.18. The van der Waals surface area contributed by atoms with Gasteiger partial charge < -0.3 is 19.9 Å². The minimum absolute atomic E-state index is 0.000390. The van der Waals surface area contributed by atoms with Crippen molar-refractivity contribution in [2.75, 3.05) is 44.7 Å². The van der Waals surface area contributed by atoms with Crippen LogP contribution in [0.2, 0.25) is 0 Å². The molecule has 1 fully saturated rings. The van der Waals surface area contributed by atoms with Crippen molar-refractivity contribution in [1.29, 1.82) is 0 Å². The summed E-state index contributed by atoms with van der Waals surface area (Å²) < 4.78 is 5.33. The maximum absolute atomic E-state index is 12.6. The fraction of sp³-hybridized carbons (Fsp3) is 0.320. The van der Waals surface area contributed by atoms with Crippen molar-refractivity contribution in [1.82, 2.24) is 5.32 Å². The van der Waals surface area contributed by atoms with E-state index in [4.69, 9.17) is 4.74 Å². The Hall–Kier alpha value is -3.05. The molecule has 0 spiro atoms. The van der Waals surface area contributed by atoms with E-state index < -0.39 is 0 Å². The number of nitrogens with zero attached hydrogens (tertiary/aromatic N) is 1. The number of ether oxygens (including phenoxy) is 1. The first-order valence-electron chi connectivity index (χ1n) is 10.6. The molecule has 156 valence electrons. The fourth-order valence-corrected chi connectivity index (χ4v) is 4.15. The number of benzene rings is 3. The highest BCUT2D eigenvalue weighted by Crippen LogP contribution is 2.21. The minimum atomic E-state index is -0.000390. The lowest BCUT2D eigenvalue weighted by Crippen LogP contribution is -3.15. The zero-order chi connectivity index (χ0) is 20.9. The number of piperazine rings is 1. The van der Waals surface area contributed by atoms with Crippen LogP contribution in [-0.2, 0) is 4.79 Å². The van der Waals surface area contributed by atoms with Gasteiger partial charge in [0.05, 0.1) is 39.3 Å². The summed E-state index contributed by atoms with van der Waals surface area (Å²) in [5.41, 5.74) is 2.32. The third-order valence-corrected chi connectivity index (χ3v) is 5.95. The molecule has 1 amide bonds. The lowest BCUT2D eigenvalue weighted by molar-refractivity contribution is -0.892. The average molecular weight is 405 g/mol. The summed E-state index contributed by atoms with van der Waals surface area (Å²) in [6.45, 7) is 6.36. The van der Waals surface area contributed by atoms with E-state index in [1.54, 1.807) is 7.11 Å². The summed E-state index contributed by atoms with van der Waals surface area (Å²) in [6, 6.07) is 22.9. The Morgan fingerprint density at radius 1 is 1.03 bits per heavy atom. The maximum Gasteiger partial charge on any atom is 0.275 e. The third-order valence-electron chi connectivity index (χ3n) is 5.95. The molecule has 1 heterocycles. The van der Waals surface area contributed by atoms with Gasteiger partial charge in [-0.05, 0) is 41.5 Å². The average Bonchev–Trinajstić information content (AvgIpc) is 2.79. The van der Waals surface area contributed by atoms with Crippen LogP contribution >= 0.6 is 0 Å². The number of hydrogen-bond acceptors (Lipinski definition) is 3. The lowest BCUT2D eigenvalue weighted by atomic mass is 10.0. The van der Waals surface area contributed by atoms with Crippen molar-refractivity contribution >= 4 is 22.4 Å². The quantitative estimate of drug-likeness (QED) is 0.663. The standard InChI is InChI=1S/C25H29N3O2/c1-19(21-11-10-20-6-3-4-7-22(20)16-21)26-25(29)18-27-12-14-28(15-13-27)23-8-5-9-24(17-23)30-2/h3-11,16-17,19H,12-15,18H2,1-2H3,(H,26,29)/p+1/t19-/m0/s1. The van der Waals surface area contributed by atoms with Crippen LogP contribution < -0.4 is 19.9 Å². The van der Waals surface area contributed by atoms with Gasteiger partial charge in [0.15, 0.2) is 6.54 Å². The summed E-state index contributed by atoms with van der Waals surface area (Å²) in [7, 11) is 1.69. The van der Waals surface area contributed by atoms with Gasteiger partial charge in [0.25, 0.3) is 5.91 Å². The molecule has 3 aromatic carbocycles. The van der Waals surface area contributed by atoms with Gasteiger partial charge in [-0.15, -0.1) is 0 Å². The number of amides is 1. The molecule has 3 aromatic rings. The molecular weight excluding hydrogens is 374 g/mol. The van der Waals surface area contributed by atoms with Gasteiger partial charge in [0.1, 0.15) is 5.75 Å². The van der Waals surface area contributed by atoms with Crippen molar-refractivity contribution in [2.24, 2.45) is 0 Å². The Labute approximate surface area is 178 Å². The second-order valence-electron chi connectivity index (χ2n) is 8.01. The van der Waals surface area contributed by atoms with Crippen molar-refractivity contribution in [2.45, 2.75) is 13.0 Å². The molecule has 4 rings (SSSR count). The van der Waals surface area contributed by atoms with Crippen LogP contribution in [0.3, 0.4) is 0 Å². The van der Waals surface area contributed by atoms with E-state index in [1.807, 2.05) is 24.3 Å². The second-order valence-corrected chi connectivity index (χ2v) is 8.01. The van der Waals surface area contributed by atoms with Crippen LogP contribution in [0, 0.1) is 0 Å². The Balaban J connectivity index is 1.29. The molecule has 5 nitrogen and oxygen atoms in total. The van der Waals surface area contributed by atoms with E-state index in [0.717, 1.165) is 37.5 Å². The molecule has 1 atom stereocenters. The fourth-order valence-electron chi connectivity index (χ4n) is 4.15. The first kappa shape index (κ1) is 20.2. The number of carbonyl (C=O) groups excluding carboxylic acids is 1. The largest absolute Gasteiger partial charge is 0.497 e. The molecule has 1 aliphatic rings. The molecule has 1 aliphatic heterocycles. The number of quaternary nitrogens is 1. The zero-order valence-corrected chi connectivity index (χ0v) is 17.7. The van der Waals surface area contributed by atoms with Crippen molar-refractivity contribution in [3.63, 3.8) is 0 Å². The van der Waals surface area contributed by atoms with Gasteiger partial charge in [0, 0.05) is 11.8 Å². The van der Waals surface area contributed by atoms with E-state index in [2.05, 4.69) is 59.6 Å². The van der Waals surface area contributed by atoms with Crippen LogP contribution in [-0.4, -0.2) is 45.7 Å². The Kier molecular flexibility index (Phi) is 6.19. The van der Waals surface area contributed by atoms with Crippen LogP contribution in [0.1, 0.15) is 18.5 Å². The highest BCUT2D eigenvalue weighted by atomic mass is 16.5. The maximum atomic E-state index is 12.6. The number of fused-ring (bicyclic) bond motifs is 1. The molecule has 0 radical (unpaired) electrons. The van der Waals surface area contributed by atoms with E-state index in [-0.39, 0.29) is 11.9 Å². The van der Waals surface area contributed by atoms with Crippen LogP contribution in [0.4, 0.5) is 5.69 Å². The van der Waals surface area contributed by atoms with E-state index in [1.165, 1.54) is 21.4 Å². The van der Waals surface area contributed by atoms with E-state index in [9.17, 15) is 4.79 Å². The van der Waals surface area contributed by atoms with Crippen LogP contribution in [0.15, 0.2) is 66.7 Å². The van der Waals surface area contributed by atoms with Crippen molar-refractivity contribution in [3.8, 4) is 5.75 Å². The first-order valence-corrected chi connectivity index (χ1v) is 10.6. The summed E-state index contributed by atoms with van der Waals surface area (Å²) in [5.74, 6) is 0.991. The number of carbonyl (C=O) groups is 1. The van der Waals surface area contributed by atoms with Gasteiger partial charge in [0.2, 0.25) is 0 Å². The molecule has 1 saturated heterocycles. The molecule has 2 N–H and O–H groups in total. The van der Waals surface area contributed by atoms with Crippen molar-refractivity contribution < 1.29 is 14.4 Å². The first-order chi connectivity index (χ1) is 14.6. The number of hydrogen-bond donors (Lipinski definition) is 2. The molecule has 0 bridgehead atoms. The number of rotatable bonds is 6. The highest BCUT2D eigenvalue weighted by molar-refractivity contribution is 5.83. The zero-order valence-electron chi connectivity index (χ0n) is 17.7. The molecule has 0 aliphatic carbocycles. The van der Waals surface area contributed by atoms with Gasteiger partial charge in [-0.1, -0.05) is 42.5 Å². The molecular formula is C25H30N3O2+. The smallest absolute Gasteiger partial charge is 0.275 e. The summed E-state index contributed by atoms with van der Waals surface area (Å²) in [4.78, 5) is 16.3. The van der Waals surface area contributed by atoms with E-state index in [0.29, 0.717) is 6.54 Å². The summed E-state index contributed by atoms with van der Waals surface area (Å²) in [6.07, 6.45) is 0. The van der Waals surface area contributed by atoms with Crippen LogP contribution in [0.5, 0.6) is 5.75 Å². The molecule has 30 heavy (non-hydrogen) atoms. The van der Waals surface area contributed by atoms with Crippen LogP contribution in [0.25, 0.3) is 10.8 Å². The minimum Gasteiger partial charge on any atom is -0.497 e. The van der Waals surface area contributed by atoms with E-state index >= 15 is 0 Å². The molecule has 0 aromatic heterocycles. The van der Waals surface area contributed by atoms with Gasteiger partial charge in [-0.25, -0.2) is 0 Å². The molecule has 0 saturated carbocycles. The third kappa shape index (κ3) is 4.74. The number of nitrogens with one attached hydrogen (secondary N) is 2.